The fourth-order valence-electron chi connectivity index (χ4n) is 0.727. The summed E-state index contributed by atoms with van der Waals surface area (Å²) in [6.07, 6.45) is 4.98. The Hall–Kier alpha value is -0.970. The third-order valence-electron chi connectivity index (χ3n) is 1.47. The molecule has 0 aliphatic carbocycles. The topological polar surface area (TPSA) is 79.5 Å². The van der Waals surface area contributed by atoms with E-state index in [-0.39, 0.29) is 48.9 Å². The number of nitrogens with one attached hydrogen (secondary N) is 2. The molecule has 0 aromatic carbocycles. The maximum atomic E-state index is 11.0. The highest BCUT2D eigenvalue weighted by atomic mass is 127. The van der Waals surface area contributed by atoms with Crippen LogP contribution in [0.2, 0.25) is 0 Å². The van der Waals surface area contributed by atoms with Crippen molar-refractivity contribution in [2.24, 2.45) is 16.6 Å². The Balaban J connectivity index is 0. The van der Waals surface area contributed by atoms with E-state index in [1.807, 2.05) is 0 Å². The van der Waals surface area contributed by atoms with Crippen LogP contribution in [0.3, 0.4) is 0 Å². The van der Waals surface area contributed by atoms with Crippen LogP contribution in [-0.2, 0) is 4.79 Å². The molecule has 0 radical (unpaired) electrons. The fraction of sp³-hybridized carbons (Fsp3) is 0.600. The lowest BCUT2D eigenvalue weighted by Crippen LogP contribution is -2.36. The minimum absolute atomic E-state index is 0. The molecular weight excluding hydrogens is 319 g/mol. The van der Waals surface area contributed by atoms with Crippen molar-refractivity contribution < 1.29 is 4.79 Å². The van der Waals surface area contributed by atoms with Gasteiger partial charge in [0.1, 0.15) is 6.54 Å². The molecule has 16 heavy (non-hydrogen) atoms. The second kappa shape index (κ2) is 10.5. The van der Waals surface area contributed by atoms with E-state index in [0.717, 1.165) is 6.54 Å². The molecule has 0 rings (SSSR count). The smallest absolute Gasteiger partial charge is 0.242 e. The molecule has 0 saturated carbocycles. The first-order chi connectivity index (χ1) is 7.06. The number of amides is 1. The molecule has 0 aliphatic rings. The minimum Gasteiger partial charge on any atom is -0.370 e. The molecule has 6 heteroatoms. The van der Waals surface area contributed by atoms with Gasteiger partial charge in [-0.15, -0.1) is 30.4 Å². The predicted molar refractivity (Wildman–Crippen MR) is 76.6 cm³/mol. The van der Waals surface area contributed by atoms with Crippen molar-refractivity contribution in [1.82, 2.24) is 10.6 Å². The van der Waals surface area contributed by atoms with Gasteiger partial charge in [-0.2, -0.15) is 0 Å². The molecule has 0 aromatic heterocycles. The van der Waals surface area contributed by atoms with Gasteiger partial charge in [-0.05, 0) is 5.92 Å². The highest BCUT2D eigenvalue weighted by Crippen LogP contribution is 1.85. The number of nitrogens with zero attached hydrogens (tertiary/aromatic N) is 1. The first-order valence-electron chi connectivity index (χ1n) is 4.80. The van der Waals surface area contributed by atoms with Crippen molar-refractivity contribution in [3.63, 3.8) is 0 Å². The SMILES string of the molecule is C#CCNC(=O)CN=C(N)NCC(C)C.I. The number of carbonyl (C=O) groups excluding carboxylic acids is 1. The largest absolute Gasteiger partial charge is 0.370 e. The van der Waals surface area contributed by atoms with E-state index in [0.29, 0.717) is 5.92 Å². The van der Waals surface area contributed by atoms with Crippen LogP contribution in [0.1, 0.15) is 13.8 Å². The lowest BCUT2D eigenvalue weighted by atomic mass is 10.2. The van der Waals surface area contributed by atoms with Gasteiger partial charge in [0, 0.05) is 6.54 Å². The monoisotopic (exact) mass is 338 g/mol. The standard InChI is InChI=1S/C10H18N4O.HI/c1-4-5-12-9(15)7-14-10(11)13-6-8(2)3;/h1,8H,5-7H2,2-3H3,(H,12,15)(H3,11,13,14);1H. The molecule has 0 heterocycles. The number of guanidine groups is 1. The second-order valence-electron chi connectivity index (χ2n) is 3.46. The fourth-order valence-corrected chi connectivity index (χ4v) is 0.727. The zero-order valence-corrected chi connectivity index (χ0v) is 11.9. The van der Waals surface area contributed by atoms with E-state index < -0.39 is 0 Å². The molecule has 0 aliphatic heterocycles. The van der Waals surface area contributed by atoms with Gasteiger partial charge in [0.2, 0.25) is 5.91 Å². The van der Waals surface area contributed by atoms with Crippen LogP contribution in [0.15, 0.2) is 4.99 Å². The third-order valence-corrected chi connectivity index (χ3v) is 1.47. The first-order valence-corrected chi connectivity index (χ1v) is 4.80. The molecule has 5 nitrogen and oxygen atoms in total. The van der Waals surface area contributed by atoms with Gasteiger partial charge in [0.25, 0.3) is 0 Å². The minimum atomic E-state index is -0.234. The van der Waals surface area contributed by atoms with Crippen LogP contribution in [0.4, 0.5) is 0 Å². The van der Waals surface area contributed by atoms with Gasteiger partial charge in [-0.25, -0.2) is 4.99 Å². The van der Waals surface area contributed by atoms with Gasteiger partial charge in [0.05, 0.1) is 6.54 Å². The van der Waals surface area contributed by atoms with E-state index in [2.05, 4.69) is 35.4 Å². The maximum absolute atomic E-state index is 11.0. The third kappa shape index (κ3) is 11.1. The van der Waals surface area contributed by atoms with Gasteiger partial charge in [-0.3, -0.25) is 4.79 Å². The first kappa shape index (κ1) is 17.4. The van der Waals surface area contributed by atoms with Gasteiger partial charge in [0.15, 0.2) is 5.96 Å². The molecular formula is C10H19IN4O. The molecule has 1 amide bonds. The summed E-state index contributed by atoms with van der Waals surface area (Å²) in [6.45, 7) is 5.06. The van der Waals surface area contributed by atoms with E-state index in [9.17, 15) is 4.79 Å². The summed E-state index contributed by atoms with van der Waals surface area (Å²) >= 11 is 0. The number of hydrogen-bond acceptors (Lipinski definition) is 2. The average molecular weight is 338 g/mol. The van der Waals surface area contributed by atoms with Crippen LogP contribution in [0, 0.1) is 18.3 Å². The Kier molecular flexibility index (Phi) is 11.5. The summed E-state index contributed by atoms with van der Waals surface area (Å²) in [4.78, 5) is 14.9. The average Bonchev–Trinajstić information content (AvgIpc) is 2.20. The highest BCUT2D eigenvalue weighted by Gasteiger charge is 1.99. The number of nitrogens with two attached hydrogens (primary N) is 1. The molecule has 0 unspecified atom stereocenters. The molecule has 0 fully saturated rings. The summed E-state index contributed by atoms with van der Waals surface area (Å²) in [5, 5.41) is 5.39. The number of terminal acetylenes is 1. The Morgan fingerprint density at radius 2 is 2.12 bits per heavy atom. The predicted octanol–water partition coefficient (Wildman–Crippen LogP) is -0.0859. The van der Waals surface area contributed by atoms with Crippen LogP contribution in [0.5, 0.6) is 0 Å². The van der Waals surface area contributed by atoms with Crippen molar-refractivity contribution in [3.8, 4) is 12.3 Å². The lowest BCUT2D eigenvalue weighted by Gasteiger charge is -2.07. The Morgan fingerprint density at radius 1 is 1.50 bits per heavy atom. The summed E-state index contributed by atoms with van der Waals surface area (Å²) < 4.78 is 0. The van der Waals surface area contributed by atoms with Gasteiger partial charge in [-0.1, -0.05) is 19.8 Å². The number of halogens is 1. The zero-order chi connectivity index (χ0) is 11.7. The number of hydrogen-bond donors (Lipinski definition) is 3. The molecule has 0 spiro atoms. The van der Waals surface area contributed by atoms with Crippen molar-refractivity contribution in [2.75, 3.05) is 19.6 Å². The van der Waals surface area contributed by atoms with E-state index in [1.165, 1.54) is 0 Å². The molecule has 0 aromatic rings. The second-order valence-corrected chi connectivity index (χ2v) is 3.46. The van der Waals surface area contributed by atoms with Gasteiger partial charge < -0.3 is 16.4 Å². The number of rotatable bonds is 5. The molecule has 0 bridgehead atoms. The lowest BCUT2D eigenvalue weighted by molar-refractivity contribution is -0.119. The number of aliphatic imine (C=N–C) groups is 1. The molecule has 0 saturated heterocycles. The Labute approximate surface area is 114 Å². The van der Waals surface area contributed by atoms with Crippen molar-refractivity contribution >= 4 is 35.8 Å². The molecule has 4 N–H and O–H groups in total. The van der Waals surface area contributed by atoms with Crippen molar-refractivity contribution in [3.05, 3.63) is 0 Å². The molecule has 0 atom stereocenters. The highest BCUT2D eigenvalue weighted by molar-refractivity contribution is 14.0. The normalized spacial score (nSPS) is 10.2. The maximum Gasteiger partial charge on any atom is 0.242 e. The van der Waals surface area contributed by atoms with E-state index >= 15 is 0 Å². The van der Waals surface area contributed by atoms with E-state index in [4.69, 9.17) is 12.2 Å². The van der Waals surface area contributed by atoms with Crippen LogP contribution in [0.25, 0.3) is 0 Å². The van der Waals surface area contributed by atoms with Crippen molar-refractivity contribution in [2.45, 2.75) is 13.8 Å². The van der Waals surface area contributed by atoms with Crippen LogP contribution in [-0.4, -0.2) is 31.5 Å². The zero-order valence-electron chi connectivity index (χ0n) is 9.62. The Morgan fingerprint density at radius 3 is 2.62 bits per heavy atom. The number of carbonyl (C=O) groups is 1. The van der Waals surface area contributed by atoms with E-state index in [1.54, 1.807) is 0 Å². The van der Waals surface area contributed by atoms with Crippen molar-refractivity contribution in [1.29, 1.82) is 0 Å². The molecule has 92 valence electrons. The summed E-state index contributed by atoms with van der Waals surface area (Å²) in [6, 6.07) is 0. The summed E-state index contributed by atoms with van der Waals surface area (Å²) in [5.41, 5.74) is 5.52. The summed E-state index contributed by atoms with van der Waals surface area (Å²) in [7, 11) is 0. The van der Waals surface area contributed by atoms with Gasteiger partial charge >= 0.3 is 0 Å². The summed E-state index contributed by atoms with van der Waals surface area (Å²) in [5.74, 6) is 2.82. The van der Waals surface area contributed by atoms with Crippen LogP contribution >= 0.6 is 24.0 Å². The Bertz CT molecular complexity index is 270. The quantitative estimate of drug-likeness (QED) is 0.284. The van der Waals surface area contributed by atoms with Crippen LogP contribution < -0.4 is 16.4 Å².